The highest BCUT2D eigenvalue weighted by atomic mass is 19.1. The first kappa shape index (κ1) is 20.1. The van der Waals surface area contributed by atoms with Gasteiger partial charge in [-0.25, -0.2) is 4.39 Å². The summed E-state index contributed by atoms with van der Waals surface area (Å²) in [6.07, 6.45) is 0.970. The van der Waals surface area contributed by atoms with Gasteiger partial charge in [-0.05, 0) is 31.5 Å². The molecule has 0 aromatic heterocycles. The SMILES string of the molecule is CN(Cc1ccccc1F)C(=O)CCN1C(=O)c2ccccc2N2C(=O)CCC12C. The Kier molecular flexibility index (Phi) is 5.05. The summed E-state index contributed by atoms with van der Waals surface area (Å²) in [5, 5.41) is 0. The smallest absolute Gasteiger partial charge is 0.257 e. The minimum absolute atomic E-state index is 0.0227. The molecule has 6 nitrogen and oxygen atoms in total. The minimum atomic E-state index is -0.785. The molecule has 2 heterocycles. The third-order valence-electron chi connectivity index (χ3n) is 6.09. The van der Waals surface area contributed by atoms with E-state index in [4.69, 9.17) is 0 Å². The number of para-hydroxylation sites is 1. The lowest BCUT2D eigenvalue weighted by atomic mass is 9.98. The van der Waals surface area contributed by atoms with Crippen LogP contribution in [0.1, 0.15) is 42.1 Å². The van der Waals surface area contributed by atoms with Crippen molar-refractivity contribution in [1.29, 1.82) is 0 Å². The average Bonchev–Trinajstić information content (AvgIpc) is 3.04. The summed E-state index contributed by atoms with van der Waals surface area (Å²) in [5.41, 5.74) is 0.757. The first-order chi connectivity index (χ1) is 14.3. The normalized spacial score (nSPS) is 20.2. The van der Waals surface area contributed by atoms with Crippen LogP contribution in [0, 0.1) is 5.82 Å². The van der Waals surface area contributed by atoms with Crippen molar-refractivity contribution in [2.75, 3.05) is 18.5 Å². The van der Waals surface area contributed by atoms with Crippen molar-refractivity contribution >= 4 is 23.4 Å². The molecule has 2 aromatic rings. The molecular formula is C23H24FN3O3. The van der Waals surface area contributed by atoms with Crippen LogP contribution in [0.5, 0.6) is 0 Å². The molecule has 0 spiro atoms. The van der Waals surface area contributed by atoms with Gasteiger partial charge < -0.3 is 9.80 Å². The molecule has 0 radical (unpaired) electrons. The minimum Gasteiger partial charge on any atom is -0.341 e. The third kappa shape index (κ3) is 3.24. The van der Waals surface area contributed by atoms with Gasteiger partial charge in [0.1, 0.15) is 11.5 Å². The second-order valence-electron chi connectivity index (χ2n) is 8.01. The van der Waals surface area contributed by atoms with Crippen LogP contribution in [0.15, 0.2) is 48.5 Å². The maximum atomic E-state index is 13.9. The van der Waals surface area contributed by atoms with Gasteiger partial charge in [-0.2, -0.15) is 0 Å². The molecule has 30 heavy (non-hydrogen) atoms. The third-order valence-corrected chi connectivity index (χ3v) is 6.09. The summed E-state index contributed by atoms with van der Waals surface area (Å²) in [5.74, 6) is -0.744. The summed E-state index contributed by atoms with van der Waals surface area (Å²) in [6, 6.07) is 13.4. The van der Waals surface area contributed by atoms with Gasteiger partial charge in [-0.3, -0.25) is 19.3 Å². The monoisotopic (exact) mass is 409 g/mol. The van der Waals surface area contributed by atoms with Crippen molar-refractivity contribution in [2.45, 2.75) is 38.4 Å². The Balaban J connectivity index is 1.51. The standard InChI is InChI=1S/C23H24FN3O3/c1-23-13-11-21(29)27(23)19-10-6-4-8-17(19)22(30)26(23)14-12-20(28)25(2)15-16-7-3-5-9-18(16)24/h3-10H,11-15H2,1-2H3. The second-order valence-corrected chi connectivity index (χ2v) is 8.01. The molecule has 7 heteroatoms. The Hall–Kier alpha value is -3.22. The second kappa shape index (κ2) is 7.55. The van der Waals surface area contributed by atoms with Gasteiger partial charge in [0.05, 0.1) is 11.3 Å². The van der Waals surface area contributed by atoms with E-state index in [1.165, 1.54) is 11.0 Å². The predicted molar refractivity (Wildman–Crippen MR) is 110 cm³/mol. The van der Waals surface area contributed by atoms with Crippen molar-refractivity contribution in [3.8, 4) is 0 Å². The number of fused-ring (bicyclic) bond motifs is 3. The van der Waals surface area contributed by atoms with Crippen molar-refractivity contribution in [3.05, 3.63) is 65.5 Å². The van der Waals surface area contributed by atoms with Gasteiger partial charge in [0.15, 0.2) is 0 Å². The van der Waals surface area contributed by atoms with Crippen LogP contribution in [0.3, 0.4) is 0 Å². The lowest BCUT2D eigenvalue weighted by molar-refractivity contribution is -0.130. The number of anilines is 1. The summed E-state index contributed by atoms with van der Waals surface area (Å²) < 4.78 is 13.9. The lowest BCUT2D eigenvalue weighted by Crippen LogP contribution is -2.62. The molecule has 3 amide bonds. The zero-order valence-corrected chi connectivity index (χ0v) is 17.1. The Morgan fingerprint density at radius 3 is 2.60 bits per heavy atom. The number of halogens is 1. The summed E-state index contributed by atoms with van der Waals surface area (Å²) >= 11 is 0. The summed E-state index contributed by atoms with van der Waals surface area (Å²) in [4.78, 5) is 43.3. The Morgan fingerprint density at radius 1 is 1.13 bits per heavy atom. The van der Waals surface area contributed by atoms with Gasteiger partial charge in [-0.1, -0.05) is 30.3 Å². The van der Waals surface area contributed by atoms with Crippen LogP contribution in [0.4, 0.5) is 10.1 Å². The van der Waals surface area contributed by atoms with E-state index in [1.54, 1.807) is 53.2 Å². The molecule has 0 saturated carbocycles. The Labute approximate surface area is 174 Å². The number of rotatable bonds is 5. The fourth-order valence-corrected chi connectivity index (χ4v) is 4.41. The summed E-state index contributed by atoms with van der Waals surface area (Å²) in [7, 11) is 1.62. The fourth-order valence-electron chi connectivity index (χ4n) is 4.41. The van der Waals surface area contributed by atoms with Gasteiger partial charge in [-0.15, -0.1) is 0 Å². The maximum absolute atomic E-state index is 13.9. The van der Waals surface area contributed by atoms with Gasteiger partial charge in [0, 0.05) is 38.5 Å². The molecular weight excluding hydrogens is 385 g/mol. The number of amides is 3. The van der Waals surface area contributed by atoms with Crippen molar-refractivity contribution in [1.82, 2.24) is 9.80 Å². The van der Waals surface area contributed by atoms with Crippen LogP contribution in [0.25, 0.3) is 0 Å². The average molecular weight is 409 g/mol. The number of hydrogen-bond donors (Lipinski definition) is 0. The molecule has 4 rings (SSSR count). The van der Waals surface area contributed by atoms with Crippen LogP contribution in [0.2, 0.25) is 0 Å². The number of nitrogens with zero attached hydrogens (tertiary/aromatic N) is 3. The Morgan fingerprint density at radius 2 is 1.83 bits per heavy atom. The van der Waals surface area contributed by atoms with Crippen LogP contribution >= 0.6 is 0 Å². The maximum Gasteiger partial charge on any atom is 0.257 e. The molecule has 2 aliphatic rings. The number of hydrogen-bond acceptors (Lipinski definition) is 3. The number of carbonyl (C=O) groups excluding carboxylic acids is 3. The van der Waals surface area contributed by atoms with Crippen LogP contribution < -0.4 is 4.90 Å². The van der Waals surface area contributed by atoms with Gasteiger partial charge in [0.2, 0.25) is 11.8 Å². The molecule has 1 fully saturated rings. The molecule has 156 valence electrons. The molecule has 2 aromatic carbocycles. The van der Waals surface area contributed by atoms with E-state index in [2.05, 4.69) is 0 Å². The molecule has 1 atom stereocenters. The highest BCUT2D eigenvalue weighted by molar-refractivity contribution is 6.10. The Bertz CT molecular complexity index is 1020. The predicted octanol–water partition coefficient (Wildman–Crippen LogP) is 3.17. The molecule has 0 bridgehead atoms. The van der Waals surface area contributed by atoms with E-state index < -0.39 is 5.66 Å². The number of benzene rings is 2. The number of carbonyl (C=O) groups is 3. The van der Waals surface area contributed by atoms with E-state index in [-0.39, 0.29) is 43.0 Å². The van der Waals surface area contributed by atoms with Crippen molar-refractivity contribution < 1.29 is 18.8 Å². The fraction of sp³-hybridized carbons (Fsp3) is 0.348. The largest absolute Gasteiger partial charge is 0.341 e. The van der Waals surface area contributed by atoms with Gasteiger partial charge in [0.25, 0.3) is 5.91 Å². The first-order valence-electron chi connectivity index (χ1n) is 10.0. The van der Waals surface area contributed by atoms with Crippen molar-refractivity contribution in [3.63, 3.8) is 0 Å². The molecule has 0 N–H and O–H groups in total. The topological polar surface area (TPSA) is 60.9 Å². The zero-order chi connectivity index (χ0) is 21.5. The van der Waals surface area contributed by atoms with Crippen molar-refractivity contribution in [2.24, 2.45) is 0 Å². The first-order valence-corrected chi connectivity index (χ1v) is 10.0. The molecule has 1 saturated heterocycles. The van der Waals surface area contributed by atoms with E-state index in [0.29, 0.717) is 29.7 Å². The zero-order valence-electron chi connectivity index (χ0n) is 17.1. The van der Waals surface area contributed by atoms with Gasteiger partial charge >= 0.3 is 0 Å². The highest BCUT2D eigenvalue weighted by Crippen LogP contribution is 2.43. The molecule has 2 aliphatic heterocycles. The van der Waals surface area contributed by atoms with E-state index in [0.717, 1.165) is 0 Å². The van der Waals surface area contributed by atoms with Crippen LogP contribution in [-0.2, 0) is 16.1 Å². The molecule has 0 aliphatic carbocycles. The van der Waals surface area contributed by atoms with E-state index in [1.807, 2.05) is 13.0 Å². The highest BCUT2D eigenvalue weighted by Gasteiger charge is 2.52. The van der Waals surface area contributed by atoms with Crippen LogP contribution in [-0.4, -0.2) is 46.8 Å². The molecule has 1 unspecified atom stereocenters. The van der Waals surface area contributed by atoms with E-state index >= 15 is 0 Å². The quantitative estimate of drug-likeness (QED) is 0.762. The van der Waals surface area contributed by atoms with E-state index in [9.17, 15) is 18.8 Å². The lowest BCUT2D eigenvalue weighted by Gasteiger charge is -2.48. The summed E-state index contributed by atoms with van der Waals surface area (Å²) in [6.45, 7) is 2.22.